The summed E-state index contributed by atoms with van der Waals surface area (Å²) in [7, 11) is -0.453. The molecule has 4 rings (SSSR count). The number of hydrogen-bond acceptors (Lipinski definition) is 3. The van der Waals surface area contributed by atoms with E-state index < -0.39 is 7.12 Å². The minimum absolute atomic E-state index is 0.389. The molecule has 4 heteroatoms. The van der Waals surface area contributed by atoms with Gasteiger partial charge in [0.1, 0.15) is 12.4 Å². The van der Waals surface area contributed by atoms with Crippen LogP contribution >= 0.6 is 0 Å². The Labute approximate surface area is 161 Å². The van der Waals surface area contributed by atoms with Gasteiger partial charge >= 0.3 is 7.12 Å². The van der Waals surface area contributed by atoms with Gasteiger partial charge in [0.15, 0.2) is 0 Å². The second-order valence-electron chi connectivity index (χ2n) is 8.10. The summed E-state index contributed by atoms with van der Waals surface area (Å²) in [6.45, 7) is 8.78. The molecule has 1 fully saturated rings. The van der Waals surface area contributed by atoms with Crippen LogP contribution in [-0.2, 0) is 15.9 Å². The molecule has 0 saturated carbocycles. The van der Waals surface area contributed by atoms with Gasteiger partial charge in [-0.15, -0.1) is 0 Å². The zero-order valence-corrected chi connectivity index (χ0v) is 16.4. The van der Waals surface area contributed by atoms with Crippen LogP contribution in [0.1, 0.15) is 33.3 Å². The molecule has 27 heavy (non-hydrogen) atoms. The Balaban J connectivity index is 1.71. The molecule has 0 atom stereocenters. The van der Waals surface area contributed by atoms with Crippen molar-refractivity contribution in [3.8, 4) is 5.75 Å². The molecule has 3 aromatic rings. The van der Waals surface area contributed by atoms with Gasteiger partial charge in [0.2, 0.25) is 0 Å². The maximum absolute atomic E-state index is 6.29. The normalized spacial score (nSPS) is 18.0. The predicted octanol–water partition coefficient (Wildman–Crippen LogP) is 4.72. The maximum Gasteiger partial charge on any atom is 0.498 e. The molecule has 0 N–H and O–H groups in total. The molecule has 1 heterocycles. The standard InChI is InChI=1S/C23H25BO3/c1-22(2)23(3,4)27-24(26-22)20-14-18-12-8-9-13-19(18)15-21(20)25-16-17-10-6-5-7-11-17/h5-15H,16H2,1-4H3. The molecule has 0 unspecified atom stereocenters. The van der Waals surface area contributed by atoms with Crippen LogP contribution in [-0.4, -0.2) is 18.3 Å². The van der Waals surface area contributed by atoms with Crippen LogP contribution in [0.5, 0.6) is 5.75 Å². The van der Waals surface area contributed by atoms with Crippen molar-refractivity contribution in [1.29, 1.82) is 0 Å². The van der Waals surface area contributed by atoms with Crippen LogP contribution in [0.4, 0.5) is 0 Å². The largest absolute Gasteiger partial charge is 0.498 e. The SMILES string of the molecule is CC1(C)OB(c2cc3ccccc3cc2OCc2ccccc2)OC1(C)C. The van der Waals surface area contributed by atoms with Gasteiger partial charge in [-0.2, -0.15) is 0 Å². The van der Waals surface area contributed by atoms with Gasteiger partial charge in [-0.1, -0.05) is 60.7 Å². The molecule has 3 aromatic carbocycles. The molecule has 0 bridgehead atoms. The Morgan fingerprint density at radius 2 is 1.33 bits per heavy atom. The second kappa shape index (κ2) is 6.70. The zero-order valence-electron chi connectivity index (χ0n) is 16.4. The van der Waals surface area contributed by atoms with Crippen molar-refractivity contribution in [3.63, 3.8) is 0 Å². The van der Waals surface area contributed by atoms with Crippen molar-refractivity contribution in [2.24, 2.45) is 0 Å². The molecule has 0 spiro atoms. The van der Waals surface area contributed by atoms with Crippen molar-refractivity contribution < 1.29 is 14.0 Å². The summed E-state index contributed by atoms with van der Waals surface area (Å²) < 4.78 is 18.8. The minimum atomic E-state index is -0.453. The fraction of sp³-hybridized carbons (Fsp3) is 0.304. The molecule has 0 aliphatic carbocycles. The summed E-state index contributed by atoms with van der Waals surface area (Å²) in [6.07, 6.45) is 0. The highest BCUT2D eigenvalue weighted by molar-refractivity contribution is 6.63. The highest BCUT2D eigenvalue weighted by Crippen LogP contribution is 2.37. The molecule has 1 saturated heterocycles. The van der Waals surface area contributed by atoms with Crippen LogP contribution < -0.4 is 10.2 Å². The number of benzene rings is 3. The van der Waals surface area contributed by atoms with Gasteiger partial charge in [-0.3, -0.25) is 0 Å². The lowest BCUT2D eigenvalue weighted by molar-refractivity contribution is 0.00578. The van der Waals surface area contributed by atoms with E-state index in [2.05, 4.69) is 64.1 Å². The molecular formula is C23H25BO3. The van der Waals surface area contributed by atoms with Gasteiger partial charge in [-0.05, 0) is 50.1 Å². The molecule has 138 valence electrons. The first-order valence-electron chi connectivity index (χ1n) is 9.41. The average molecular weight is 360 g/mol. The van der Waals surface area contributed by atoms with Crippen molar-refractivity contribution in [2.45, 2.75) is 45.5 Å². The van der Waals surface area contributed by atoms with E-state index in [1.54, 1.807) is 0 Å². The van der Waals surface area contributed by atoms with Crippen molar-refractivity contribution >= 4 is 23.4 Å². The van der Waals surface area contributed by atoms with Crippen molar-refractivity contribution in [3.05, 3.63) is 72.3 Å². The molecule has 0 amide bonds. The van der Waals surface area contributed by atoms with Gasteiger partial charge in [0.25, 0.3) is 0 Å². The molecule has 0 aromatic heterocycles. The van der Waals surface area contributed by atoms with Crippen molar-refractivity contribution in [1.82, 2.24) is 0 Å². The molecule has 3 nitrogen and oxygen atoms in total. The van der Waals surface area contributed by atoms with E-state index in [9.17, 15) is 0 Å². The van der Waals surface area contributed by atoms with E-state index in [-0.39, 0.29) is 11.2 Å². The summed E-state index contributed by atoms with van der Waals surface area (Å²) >= 11 is 0. The third kappa shape index (κ3) is 3.47. The first-order chi connectivity index (χ1) is 12.9. The van der Waals surface area contributed by atoms with Gasteiger partial charge in [0, 0.05) is 5.46 Å². The Morgan fingerprint density at radius 1 is 0.778 bits per heavy atom. The van der Waals surface area contributed by atoms with E-state index in [1.165, 1.54) is 0 Å². The van der Waals surface area contributed by atoms with E-state index >= 15 is 0 Å². The molecule has 1 aliphatic heterocycles. The van der Waals surface area contributed by atoms with E-state index in [0.717, 1.165) is 27.5 Å². The number of fused-ring (bicyclic) bond motifs is 1. The lowest BCUT2D eigenvalue weighted by Crippen LogP contribution is -2.41. The highest BCUT2D eigenvalue weighted by Gasteiger charge is 2.52. The first-order valence-corrected chi connectivity index (χ1v) is 9.41. The quantitative estimate of drug-likeness (QED) is 0.631. The highest BCUT2D eigenvalue weighted by atomic mass is 16.7. The van der Waals surface area contributed by atoms with E-state index in [4.69, 9.17) is 14.0 Å². The lowest BCUT2D eigenvalue weighted by Gasteiger charge is -2.32. The number of rotatable bonds is 4. The van der Waals surface area contributed by atoms with E-state index in [0.29, 0.717) is 6.61 Å². The Bertz CT molecular complexity index is 934. The summed E-state index contributed by atoms with van der Waals surface area (Å²) in [5.74, 6) is 0.802. The monoisotopic (exact) mass is 360 g/mol. The maximum atomic E-state index is 6.29. The average Bonchev–Trinajstić information content (AvgIpc) is 2.87. The Kier molecular flexibility index (Phi) is 4.49. The minimum Gasteiger partial charge on any atom is -0.489 e. The molecular weight excluding hydrogens is 335 g/mol. The van der Waals surface area contributed by atoms with Crippen molar-refractivity contribution in [2.75, 3.05) is 0 Å². The van der Waals surface area contributed by atoms with Crippen LogP contribution in [0.3, 0.4) is 0 Å². The summed E-state index contributed by atoms with van der Waals surface area (Å²) in [5.41, 5.74) is 1.29. The van der Waals surface area contributed by atoms with E-state index in [1.807, 2.05) is 30.3 Å². The number of hydrogen-bond donors (Lipinski definition) is 0. The topological polar surface area (TPSA) is 27.7 Å². The number of ether oxygens (including phenoxy) is 1. The third-order valence-electron chi connectivity index (χ3n) is 5.62. The summed E-state index contributed by atoms with van der Waals surface area (Å²) in [6, 6.07) is 22.7. The lowest BCUT2D eigenvalue weighted by atomic mass is 9.77. The Hall–Kier alpha value is -2.30. The smallest absolute Gasteiger partial charge is 0.489 e. The summed E-state index contributed by atoms with van der Waals surface area (Å²) in [5, 5.41) is 2.29. The second-order valence-corrected chi connectivity index (χ2v) is 8.10. The molecule has 0 radical (unpaired) electrons. The van der Waals surface area contributed by atoms with Crippen LogP contribution in [0.2, 0.25) is 0 Å². The van der Waals surface area contributed by atoms with Crippen LogP contribution in [0.15, 0.2) is 66.7 Å². The fourth-order valence-electron chi connectivity index (χ4n) is 3.25. The van der Waals surface area contributed by atoms with Gasteiger partial charge in [-0.25, -0.2) is 0 Å². The fourth-order valence-corrected chi connectivity index (χ4v) is 3.25. The third-order valence-corrected chi connectivity index (χ3v) is 5.62. The zero-order chi connectivity index (χ0) is 19.1. The predicted molar refractivity (Wildman–Crippen MR) is 110 cm³/mol. The van der Waals surface area contributed by atoms with Gasteiger partial charge in [0.05, 0.1) is 11.2 Å². The first kappa shape index (κ1) is 18.1. The van der Waals surface area contributed by atoms with Gasteiger partial charge < -0.3 is 14.0 Å². The van der Waals surface area contributed by atoms with Crippen LogP contribution in [0.25, 0.3) is 10.8 Å². The molecule has 1 aliphatic rings. The summed E-state index contributed by atoms with van der Waals surface area (Å²) in [4.78, 5) is 0. The van der Waals surface area contributed by atoms with Crippen LogP contribution in [0, 0.1) is 0 Å². The Morgan fingerprint density at radius 3 is 1.96 bits per heavy atom.